The van der Waals surface area contributed by atoms with E-state index in [1.165, 1.54) is 6.07 Å². The third-order valence-corrected chi connectivity index (χ3v) is 3.21. The minimum Gasteiger partial charge on any atom is -0.354 e. The summed E-state index contributed by atoms with van der Waals surface area (Å²) < 4.78 is 16.0. The Balaban J connectivity index is 0.00000264. The standard InChI is InChI=1S/C16H22FN5.HI/c1-11(2)21-16(18-4)20-10-13-5-6-15(14(17)9-13)22-8-7-19-12(22)3;/h5-9,11H,10H2,1-4H3,(H2,18,20,21);1H. The lowest BCUT2D eigenvalue weighted by molar-refractivity contribution is 0.613. The van der Waals surface area contributed by atoms with E-state index < -0.39 is 0 Å². The molecule has 2 N–H and O–H groups in total. The van der Waals surface area contributed by atoms with Gasteiger partial charge in [0.15, 0.2) is 5.96 Å². The molecule has 5 nitrogen and oxygen atoms in total. The number of aryl methyl sites for hydroxylation is 1. The van der Waals surface area contributed by atoms with Crippen LogP contribution in [0.1, 0.15) is 25.2 Å². The molecule has 0 aliphatic rings. The number of halogens is 2. The lowest BCUT2D eigenvalue weighted by atomic mass is 10.2. The van der Waals surface area contributed by atoms with E-state index in [4.69, 9.17) is 0 Å². The van der Waals surface area contributed by atoms with Gasteiger partial charge in [-0.2, -0.15) is 0 Å². The summed E-state index contributed by atoms with van der Waals surface area (Å²) in [5.74, 6) is 1.18. The maximum absolute atomic E-state index is 14.3. The van der Waals surface area contributed by atoms with Gasteiger partial charge in [-0.25, -0.2) is 9.37 Å². The second-order valence-corrected chi connectivity index (χ2v) is 5.36. The second kappa shape index (κ2) is 8.85. The van der Waals surface area contributed by atoms with Crippen LogP contribution in [0, 0.1) is 12.7 Å². The molecule has 7 heteroatoms. The van der Waals surface area contributed by atoms with Crippen LogP contribution in [0.15, 0.2) is 35.6 Å². The number of imidazole rings is 1. The monoisotopic (exact) mass is 431 g/mol. The van der Waals surface area contributed by atoms with Gasteiger partial charge in [0, 0.05) is 32.0 Å². The Hall–Kier alpha value is -1.64. The van der Waals surface area contributed by atoms with Crippen LogP contribution in [0.4, 0.5) is 4.39 Å². The maximum atomic E-state index is 14.3. The summed E-state index contributed by atoms with van der Waals surface area (Å²) in [7, 11) is 1.71. The molecule has 2 aromatic rings. The molecule has 0 atom stereocenters. The van der Waals surface area contributed by atoms with E-state index in [0.29, 0.717) is 18.2 Å². The Kier molecular flexibility index (Phi) is 7.47. The number of hydrogen-bond acceptors (Lipinski definition) is 2. The highest BCUT2D eigenvalue weighted by Crippen LogP contribution is 2.16. The molecule has 1 aromatic carbocycles. The topological polar surface area (TPSA) is 54.2 Å². The summed E-state index contributed by atoms with van der Waals surface area (Å²) in [4.78, 5) is 8.24. The number of nitrogens with one attached hydrogen (secondary N) is 2. The third kappa shape index (κ3) is 5.19. The first-order valence-corrected chi connectivity index (χ1v) is 7.27. The molecule has 1 aromatic heterocycles. The van der Waals surface area contributed by atoms with Crippen molar-refractivity contribution >= 4 is 29.9 Å². The Morgan fingerprint density at radius 1 is 1.39 bits per heavy atom. The van der Waals surface area contributed by atoms with Gasteiger partial charge in [-0.15, -0.1) is 24.0 Å². The fourth-order valence-electron chi connectivity index (χ4n) is 2.14. The number of aliphatic imine (C=N–C) groups is 1. The summed E-state index contributed by atoms with van der Waals surface area (Å²) in [5, 5.41) is 6.35. The number of aromatic nitrogens is 2. The zero-order valence-corrected chi connectivity index (χ0v) is 16.1. The number of nitrogens with zero attached hydrogens (tertiary/aromatic N) is 3. The van der Waals surface area contributed by atoms with E-state index in [9.17, 15) is 4.39 Å². The van der Waals surface area contributed by atoms with Crippen LogP contribution < -0.4 is 10.6 Å². The normalized spacial score (nSPS) is 11.3. The molecule has 126 valence electrons. The highest BCUT2D eigenvalue weighted by atomic mass is 127. The number of hydrogen-bond donors (Lipinski definition) is 2. The van der Waals surface area contributed by atoms with Crippen LogP contribution >= 0.6 is 24.0 Å². The first-order chi connectivity index (χ1) is 10.5. The predicted octanol–water partition coefficient (Wildman–Crippen LogP) is 3.01. The molecule has 2 rings (SSSR count). The van der Waals surface area contributed by atoms with Crippen molar-refractivity contribution in [2.75, 3.05) is 7.05 Å². The molecule has 1 heterocycles. The van der Waals surface area contributed by atoms with E-state index in [2.05, 4.69) is 20.6 Å². The van der Waals surface area contributed by atoms with Gasteiger partial charge < -0.3 is 15.2 Å². The summed E-state index contributed by atoms with van der Waals surface area (Å²) in [6.45, 7) is 6.42. The minimum atomic E-state index is -0.271. The number of rotatable bonds is 4. The SMILES string of the molecule is CN=C(NCc1ccc(-n2ccnc2C)c(F)c1)NC(C)C.I. The quantitative estimate of drug-likeness (QED) is 0.445. The molecule has 0 unspecified atom stereocenters. The van der Waals surface area contributed by atoms with Crippen LogP contribution in [-0.2, 0) is 6.54 Å². The summed E-state index contributed by atoms with van der Waals surface area (Å²) in [6.07, 6.45) is 3.41. The van der Waals surface area contributed by atoms with E-state index in [1.54, 1.807) is 30.1 Å². The lowest BCUT2D eigenvalue weighted by Crippen LogP contribution is -2.40. The van der Waals surface area contributed by atoms with Crippen molar-refractivity contribution in [3.63, 3.8) is 0 Å². The van der Waals surface area contributed by atoms with Crippen molar-refractivity contribution in [3.8, 4) is 5.69 Å². The van der Waals surface area contributed by atoms with Crippen molar-refractivity contribution < 1.29 is 4.39 Å². The van der Waals surface area contributed by atoms with E-state index in [0.717, 1.165) is 11.4 Å². The van der Waals surface area contributed by atoms with Crippen LogP contribution in [0.3, 0.4) is 0 Å². The highest BCUT2D eigenvalue weighted by Gasteiger charge is 2.08. The molecule has 0 aliphatic heterocycles. The lowest BCUT2D eigenvalue weighted by Gasteiger charge is -2.15. The predicted molar refractivity (Wildman–Crippen MR) is 102 cm³/mol. The van der Waals surface area contributed by atoms with Crippen molar-refractivity contribution in [3.05, 3.63) is 47.8 Å². The van der Waals surface area contributed by atoms with Gasteiger partial charge in [0.2, 0.25) is 0 Å². The molecule has 0 spiro atoms. The average molecular weight is 431 g/mol. The first kappa shape index (κ1) is 19.4. The molecule has 0 amide bonds. The molecule has 0 aliphatic carbocycles. The third-order valence-electron chi connectivity index (χ3n) is 3.21. The highest BCUT2D eigenvalue weighted by molar-refractivity contribution is 14.0. The van der Waals surface area contributed by atoms with Gasteiger partial charge in [0.25, 0.3) is 0 Å². The zero-order valence-electron chi connectivity index (χ0n) is 13.8. The van der Waals surface area contributed by atoms with Gasteiger partial charge in [0.05, 0.1) is 5.69 Å². The molecular weight excluding hydrogens is 408 g/mol. The van der Waals surface area contributed by atoms with Crippen molar-refractivity contribution in [1.29, 1.82) is 0 Å². The van der Waals surface area contributed by atoms with E-state index >= 15 is 0 Å². The fourth-order valence-corrected chi connectivity index (χ4v) is 2.14. The summed E-state index contributed by atoms with van der Waals surface area (Å²) in [5.41, 5.74) is 1.36. The zero-order chi connectivity index (χ0) is 16.1. The van der Waals surface area contributed by atoms with E-state index in [1.807, 2.05) is 26.8 Å². The summed E-state index contributed by atoms with van der Waals surface area (Å²) in [6, 6.07) is 5.48. The average Bonchev–Trinajstić information content (AvgIpc) is 2.89. The number of benzene rings is 1. The fraction of sp³-hybridized carbons (Fsp3) is 0.375. The molecular formula is C16H23FIN5. The molecule has 0 fully saturated rings. The van der Waals surface area contributed by atoms with Crippen LogP contribution in [0.2, 0.25) is 0 Å². The van der Waals surface area contributed by atoms with Crippen molar-refractivity contribution in [2.24, 2.45) is 4.99 Å². The van der Waals surface area contributed by atoms with Gasteiger partial charge in [-0.05, 0) is 38.5 Å². The molecule has 0 saturated carbocycles. The molecule has 23 heavy (non-hydrogen) atoms. The van der Waals surface area contributed by atoms with Crippen LogP contribution in [0.5, 0.6) is 0 Å². The van der Waals surface area contributed by atoms with Gasteiger partial charge in [0.1, 0.15) is 11.6 Å². The second-order valence-electron chi connectivity index (χ2n) is 5.36. The summed E-state index contributed by atoms with van der Waals surface area (Å²) >= 11 is 0. The van der Waals surface area contributed by atoms with Gasteiger partial charge in [-0.1, -0.05) is 6.07 Å². The van der Waals surface area contributed by atoms with E-state index in [-0.39, 0.29) is 35.8 Å². The molecule has 0 saturated heterocycles. The largest absolute Gasteiger partial charge is 0.354 e. The molecule has 0 bridgehead atoms. The Bertz CT molecular complexity index is 666. The van der Waals surface area contributed by atoms with Gasteiger partial charge >= 0.3 is 0 Å². The Labute approximate surface area is 153 Å². The van der Waals surface area contributed by atoms with Crippen molar-refractivity contribution in [1.82, 2.24) is 20.2 Å². The Morgan fingerprint density at radius 2 is 2.13 bits per heavy atom. The van der Waals surface area contributed by atoms with Gasteiger partial charge in [-0.3, -0.25) is 4.99 Å². The minimum absolute atomic E-state index is 0. The first-order valence-electron chi connectivity index (χ1n) is 7.27. The van der Waals surface area contributed by atoms with Crippen LogP contribution in [-0.4, -0.2) is 28.6 Å². The van der Waals surface area contributed by atoms with Crippen LogP contribution in [0.25, 0.3) is 5.69 Å². The number of guanidine groups is 1. The maximum Gasteiger partial charge on any atom is 0.191 e. The van der Waals surface area contributed by atoms with Crippen molar-refractivity contribution in [2.45, 2.75) is 33.4 Å². The smallest absolute Gasteiger partial charge is 0.191 e. The Morgan fingerprint density at radius 3 is 2.65 bits per heavy atom. The molecule has 0 radical (unpaired) electrons.